The first-order chi connectivity index (χ1) is 6.06. The van der Waals surface area contributed by atoms with E-state index in [-0.39, 0.29) is 5.46 Å². The van der Waals surface area contributed by atoms with Crippen LogP contribution < -0.4 is 5.46 Å². The molecule has 0 amide bonds. The monoisotopic (exact) mass is 182 g/mol. The molecule has 0 saturated carbocycles. The summed E-state index contributed by atoms with van der Waals surface area (Å²) in [6, 6.07) is 3.15. The molecule has 13 heavy (non-hydrogen) atoms. The molecular formula is C9H12BFO2. The average molecular weight is 182 g/mol. The van der Waals surface area contributed by atoms with Crippen molar-refractivity contribution in [2.75, 3.05) is 0 Å². The van der Waals surface area contributed by atoms with E-state index in [9.17, 15) is 4.39 Å². The molecule has 4 heteroatoms. The van der Waals surface area contributed by atoms with E-state index >= 15 is 0 Å². The lowest BCUT2D eigenvalue weighted by Crippen LogP contribution is -2.33. The van der Waals surface area contributed by atoms with Crippen molar-refractivity contribution < 1.29 is 14.4 Å². The molecule has 2 nitrogen and oxygen atoms in total. The van der Waals surface area contributed by atoms with Gasteiger partial charge in [0, 0.05) is 5.46 Å². The van der Waals surface area contributed by atoms with E-state index in [0.717, 1.165) is 5.56 Å². The van der Waals surface area contributed by atoms with Gasteiger partial charge >= 0.3 is 7.12 Å². The van der Waals surface area contributed by atoms with Gasteiger partial charge in [0.15, 0.2) is 0 Å². The molecule has 0 saturated heterocycles. The second-order valence-corrected chi connectivity index (χ2v) is 3.05. The van der Waals surface area contributed by atoms with Gasteiger partial charge in [-0.1, -0.05) is 24.6 Å². The van der Waals surface area contributed by atoms with Crippen LogP contribution in [0.2, 0.25) is 0 Å². The van der Waals surface area contributed by atoms with Crippen LogP contribution in [0.25, 0.3) is 0 Å². The Kier molecular flexibility index (Phi) is 3.06. The fourth-order valence-corrected chi connectivity index (χ4v) is 1.32. The highest BCUT2D eigenvalue weighted by atomic mass is 19.1. The minimum absolute atomic E-state index is 0.0446. The number of rotatable bonds is 2. The molecule has 1 aromatic carbocycles. The molecule has 0 spiro atoms. The van der Waals surface area contributed by atoms with Gasteiger partial charge in [-0.15, -0.1) is 0 Å². The van der Waals surface area contributed by atoms with Gasteiger partial charge in [0.2, 0.25) is 0 Å². The van der Waals surface area contributed by atoms with E-state index in [1.807, 2.05) is 6.92 Å². The van der Waals surface area contributed by atoms with E-state index in [4.69, 9.17) is 10.0 Å². The van der Waals surface area contributed by atoms with Gasteiger partial charge in [0.1, 0.15) is 5.82 Å². The molecule has 0 aliphatic carbocycles. The van der Waals surface area contributed by atoms with Crippen molar-refractivity contribution in [3.05, 3.63) is 29.1 Å². The Morgan fingerprint density at radius 3 is 2.46 bits per heavy atom. The molecule has 0 fully saturated rings. The molecule has 0 aliphatic rings. The Labute approximate surface area is 77.2 Å². The molecule has 0 bridgehead atoms. The summed E-state index contributed by atoms with van der Waals surface area (Å²) in [4.78, 5) is 0. The van der Waals surface area contributed by atoms with Crippen LogP contribution in [-0.2, 0) is 6.42 Å². The second kappa shape index (κ2) is 3.90. The highest BCUT2D eigenvalue weighted by Crippen LogP contribution is 2.09. The summed E-state index contributed by atoms with van der Waals surface area (Å²) in [5, 5.41) is 17.7. The Morgan fingerprint density at radius 2 is 2.00 bits per heavy atom. The van der Waals surface area contributed by atoms with Crippen molar-refractivity contribution in [3.8, 4) is 0 Å². The van der Waals surface area contributed by atoms with E-state index in [1.54, 1.807) is 13.0 Å². The smallest absolute Gasteiger partial charge is 0.423 e. The summed E-state index contributed by atoms with van der Waals surface area (Å²) < 4.78 is 13.4. The second-order valence-electron chi connectivity index (χ2n) is 3.05. The standard InChI is InChI=1S/C9H12BFO2/c1-3-7-4-6(2)5-8(9(7)11)10(12)13/h4-5,12-13H,3H2,1-2H3. The summed E-state index contributed by atoms with van der Waals surface area (Å²) in [6.07, 6.45) is 0.549. The predicted molar refractivity (Wildman–Crippen MR) is 50.3 cm³/mol. The first kappa shape index (κ1) is 10.2. The van der Waals surface area contributed by atoms with Crippen LogP contribution >= 0.6 is 0 Å². The Balaban J connectivity index is 3.27. The molecule has 1 aromatic rings. The van der Waals surface area contributed by atoms with E-state index in [0.29, 0.717) is 12.0 Å². The van der Waals surface area contributed by atoms with Gasteiger partial charge in [-0.25, -0.2) is 4.39 Å². The van der Waals surface area contributed by atoms with Crippen molar-refractivity contribution in [2.24, 2.45) is 0 Å². The number of hydrogen-bond donors (Lipinski definition) is 2. The minimum atomic E-state index is -1.73. The largest absolute Gasteiger partial charge is 0.491 e. The van der Waals surface area contributed by atoms with E-state index < -0.39 is 12.9 Å². The molecule has 0 atom stereocenters. The maximum absolute atomic E-state index is 13.4. The molecule has 0 heterocycles. The van der Waals surface area contributed by atoms with Crippen molar-refractivity contribution in [2.45, 2.75) is 20.3 Å². The molecule has 0 unspecified atom stereocenters. The van der Waals surface area contributed by atoms with Gasteiger partial charge < -0.3 is 10.0 Å². The van der Waals surface area contributed by atoms with Crippen molar-refractivity contribution in [3.63, 3.8) is 0 Å². The highest BCUT2D eigenvalue weighted by Gasteiger charge is 2.18. The first-order valence-electron chi connectivity index (χ1n) is 4.21. The van der Waals surface area contributed by atoms with Gasteiger partial charge in [0.25, 0.3) is 0 Å². The van der Waals surface area contributed by atoms with Crippen LogP contribution in [0.4, 0.5) is 4.39 Å². The van der Waals surface area contributed by atoms with Crippen molar-refractivity contribution in [1.29, 1.82) is 0 Å². The summed E-state index contributed by atoms with van der Waals surface area (Å²) in [6.45, 7) is 3.62. The fraction of sp³-hybridized carbons (Fsp3) is 0.333. The first-order valence-corrected chi connectivity index (χ1v) is 4.21. The maximum Gasteiger partial charge on any atom is 0.491 e. The van der Waals surface area contributed by atoms with Gasteiger partial charge in [-0.2, -0.15) is 0 Å². The third-order valence-corrected chi connectivity index (χ3v) is 1.98. The summed E-state index contributed by atoms with van der Waals surface area (Å²) in [5.41, 5.74) is 1.31. The van der Waals surface area contributed by atoms with Gasteiger partial charge in [-0.3, -0.25) is 0 Å². The molecule has 0 radical (unpaired) electrons. The molecule has 1 rings (SSSR count). The lowest BCUT2D eigenvalue weighted by atomic mass is 9.78. The van der Waals surface area contributed by atoms with Crippen LogP contribution in [0, 0.1) is 12.7 Å². The zero-order valence-corrected chi connectivity index (χ0v) is 7.71. The average Bonchev–Trinajstić information content (AvgIpc) is 2.08. The number of hydrogen-bond acceptors (Lipinski definition) is 2. The zero-order chi connectivity index (χ0) is 10.0. The van der Waals surface area contributed by atoms with Crippen LogP contribution in [0.3, 0.4) is 0 Å². The Morgan fingerprint density at radius 1 is 1.38 bits per heavy atom. The number of benzene rings is 1. The van der Waals surface area contributed by atoms with Gasteiger partial charge in [0.05, 0.1) is 0 Å². The third kappa shape index (κ3) is 2.08. The lowest BCUT2D eigenvalue weighted by Gasteiger charge is -2.07. The zero-order valence-electron chi connectivity index (χ0n) is 7.71. The third-order valence-electron chi connectivity index (χ3n) is 1.98. The molecule has 70 valence electrons. The number of halogens is 1. The lowest BCUT2D eigenvalue weighted by molar-refractivity contribution is 0.422. The van der Waals surface area contributed by atoms with E-state index in [2.05, 4.69) is 0 Å². The minimum Gasteiger partial charge on any atom is -0.423 e. The van der Waals surface area contributed by atoms with Crippen molar-refractivity contribution >= 4 is 12.6 Å². The summed E-state index contributed by atoms with van der Waals surface area (Å²) >= 11 is 0. The molecule has 0 aromatic heterocycles. The molecular weight excluding hydrogens is 170 g/mol. The molecule has 2 N–H and O–H groups in total. The maximum atomic E-state index is 13.4. The fourth-order valence-electron chi connectivity index (χ4n) is 1.32. The summed E-state index contributed by atoms with van der Waals surface area (Å²) in [5.74, 6) is -0.511. The topological polar surface area (TPSA) is 40.5 Å². The highest BCUT2D eigenvalue weighted by molar-refractivity contribution is 6.58. The Hall–Kier alpha value is -0.865. The normalized spacial score (nSPS) is 10.2. The molecule has 0 aliphatic heterocycles. The van der Waals surface area contributed by atoms with Crippen LogP contribution in [0.15, 0.2) is 12.1 Å². The SMILES string of the molecule is CCc1cc(C)cc(B(O)O)c1F. The van der Waals surface area contributed by atoms with Crippen LogP contribution in [0.1, 0.15) is 18.1 Å². The quantitative estimate of drug-likeness (QED) is 0.649. The van der Waals surface area contributed by atoms with Gasteiger partial charge in [-0.05, 0) is 18.9 Å². The van der Waals surface area contributed by atoms with Crippen molar-refractivity contribution in [1.82, 2.24) is 0 Å². The van der Waals surface area contributed by atoms with Crippen LogP contribution in [-0.4, -0.2) is 17.2 Å². The van der Waals surface area contributed by atoms with Crippen LogP contribution in [0.5, 0.6) is 0 Å². The van der Waals surface area contributed by atoms with E-state index in [1.165, 1.54) is 6.07 Å². The summed E-state index contributed by atoms with van der Waals surface area (Å²) in [7, 11) is -1.73. The number of aryl methyl sites for hydroxylation is 2. The predicted octanol–water partition coefficient (Wildman–Crippen LogP) is 0.376. The Bertz CT molecular complexity index is 313.